The maximum absolute atomic E-state index is 13.8. The fourth-order valence-electron chi connectivity index (χ4n) is 5.08. The van der Waals surface area contributed by atoms with E-state index in [0.29, 0.717) is 38.4 Å². The normalized spacial score (nSPS) is 21.6. The summed E-state index contributed by atoms with van der Waals surface area (Å²) in [4.78, 5) is 41.0. The number of hydrogen-bond donors (Lipinski definition) is 2. The summed E-state index contributed by atoms with van der Waals surface area (Å²) in [5.41, 5.74) is 12.3. The topological polar surface area (TPSA) is 150 Å². The molecule has 3 aliphatic heterocycles. The van der Waals surface area contributed by atoms with Gasteiger partial charge in [-0.15, -0.1) is 0 Å². The molecule has 13 heteroatoms. The van der Waals surface area contributed by atoms with Gasteiger partial charge in [-0.1, -0.05) is 0 Å². The van der Waals surface area contributed by atoms with Gasteiger partial charge in [0.25, 0.3) is 17.7 Å². The molecule has 0 aromatic carbocycles. The van der Waals surface area contributed by atoms with Crippen molar-refractivity contribution in [2.45, 2.75) is 50.0 Å². The van der Waals surface area contributed by atoms with Crippen LogP contribution in [0.25, 0.3) is 0 Å². The van der Waals surface area contributed by atoms with Crippen LogP contribution in [0, 0.1) is 0 Å². The number of amides is 2. The van der Waals surface area contributed by atoms with E-state index in [9.17, 15) is 18.4 Å². The minimum absolute atomic E-state index is 0.0146. The van der Waals surface area contributed by atoms with Crippen molar-refractivity contribution < 1.29 is 27.8 Å². The number of nitrogens with two attached hydrogens (primary N) is 2. The first-order valence-corrected chi connectivity index (χ1v) is 12.8. The summed E-state index contributed by atoms with van der Waals surface area (Å²) in [7, 11) is 0. The minimum atomic E-state index is -2.91. The molecule has 0 bridgehead atoms. The Labute approximate surface area is 218 Å². The summed E-state index contributed by atoms with van der Waals surface area (Å²) < 4.78 is 38.9. The highest BCUT2D eigenvalue weighted by atomic mass is 19.3. The van der Waals surface area contributed by atoms with E-state index < -0.39 is 24.3 Å². The number of piperidine rings is 1. The largest absolute Gasteiger partial charge is 0.461 e. The van der Waals surface area contributed by atoms with Crippen molar-refractivity contribution in [1.82, 2.24) is 19.9 Å². The van der Waals surface area contributed by atoms with Gasteiger partial charge in [0.2, 0.25) is 0 Å². The summed E-state index contributed by atoms with van der Waals surface area (Å²) in [6, 6.07) is 4.98. The number of nitrogen functional groups attached to an aromatic ring is 1. The van der Waals surface area contributed by atoms with Gasteiger partial charge in [0, 0.05) is 50.3 Å². The molecular weight excluding hydrogens is 500 g/mol. The molecule has 0 unspecified atom stereocenters. The zero-order valence-electron chi connectivity index (χ0n) is 20.9. The van der Waals surface area contributed by atoms with Crippen molar-refractivity contribution in [2.75, 3.05) is 50.0 Å². The molecule has 3 saturated heterocycles. The number of nitrogens with zero attached hydrogens (tertiary/aromatic N) is 5. The lowest BCUT2D eigenvalue weighted by molar-refractivity contribution is 0.0119. The van der Waals surface area contributed by atoms with Crippen molar-refractivity contribution >= 4 is 23.3 Å². The first-order valence-electron chi connectivity index (χ1n) is 12.8. The molecule has 5 heterocycles. The number of halogens is 2. The monoisotopic (exact) mass is 531 g/mol. The van der Waals surface area contributed by atoms with E-state index in [1.165, 1.54) is 6.07 Å². The highest BCUT2D eigenvalue weighted by molar-refractivity contribution is 5.96. The van der Waals surface area contributed by atoms with Crippen LogP contribution in [0.4, 0.5) is 20.3 Å². The number of carbonyl (C=O) groups is 2. The Bertz CT molecular complexity index is 1200. The molecule has 2 aromatic heterocycles. The molecule has 1 atom stereocenters. The highest BCUT2D eigenvalue weighted by Crippen LogP contribution is 2.32. The zero-order valence-corrected chi connectivity index (χ0v) is 20.9. The minimum Gasteiger partial charge on any atom is -0.461 e. The second-order valence-electron chi connectivity index (χ2n) is 9.97. The quantitative estimate of drug-likeness (QED) is 0.547. The van der Waals surface area contributed by atoms with E-state index in [0.717, 1.165) is 23.4 Å². The number of likely N-dealkylation sites (tertiary alicyclic amines) is 1. The molecule has 11 nitrogen and oxygen atoms in total. The lowest BCUT2D eigenvalue weighted by Crippen LogP contribution is -2.35. The number of anilines is 2. The van der Waals surface area contributed by atoms with Gasteiger partial charge in [-0.3, -0.25) is 9.59 Å². The standard InChI is InChI=1S/C25H31F2N7O4/c26-25(27)7-10-34(14-25)23(36)19-12-20(32-24(31-19)38-13-16-2-1-11-37-16)33-8-5-15(6-9-33)18-4-3-17(28)21(30-18)22(29)35/h3-4,12,15-16H,1-2,5-11,13-14,28H2,(H2,29,35)/t16-/m1/s1. The average molecular weight is 532 g/mol. The molecule has 0 saturated carbocycles. The molecule has 3 aliphatic rings. The number of rotatable bonds is 7. The lowest BCUT2D eigenvalue weighted by Gasteiger charge is -2.33. The van der Waals surface area contributed by atoms with Gasteiger partial charge in [-0.05, 0) is 37.8 Å². The number of hydrogen-bond acceptors (Lipinski definition) is 9. The molecule has 2 aromatic rings. The van der Waals surface area contributed by atoms with Gasteiger partial charge in [0.15, 0.2) is 5.69 Å². The van der Waals surface area contributed by atoms with Crippen molar-refractivity contribution in [3.8, 4) is 6.01 Å². The molecule has 204 valence electrons. The van der Waals surface area contributed by atoms with Crippen LogP contribution in [0.1, 0.15) is 64.7 Å². The summed E-state index contributed by atoms with van der Waals surface area (Å²) in [6.45, 7) is 1.40. The average Bonchev–Trinajstić information content (AvgIpc) is 3.56. The van der Waals surface area contributed by atoms with Crippen LogP contribution in [0.2, 0.25) is 0 Å². The Balaban J connectivity index is 1.33. The van der Waals surface area contributed by atoms with Crippen LogP contribution < -0.4 is 21.1 Å². The Morgan fingerprint density at radius 1 is 1.13 bits per heavy atom. The number of aromatic nitrogens is 3. The van der Waals surface area contributed by atoms with Gasteiger partial charge in [0.05, 0.1) is 18.3 Å². The van der Waals surface area contributed by atoms with Gasteiger partial charge in [-0.25, -0.2) is 13.8 Å². The smallest absolute Gasteiger partial charge is 0.319 e. The van der Waals surface area contributed by atoms with Crippen LogP contribution in [-0.4, -0.2) is 83.1 Å². The summed E-state index contributed by atoms with van der Waals surface area (Å²) in [5.74, 6) is -3.59. The zero-order chi connectivity index (χ0) is 26.9. The molecule has 5 rings (SSSR count). The molecule has 0 aliphatic carbocycles. The maximum atomic E-state index is 13.8. The van der Waals surface area contributed by atoms with E-state index in [4.69, 9.17) is 20.9 Å². The Hall–Kier alpha value is -3.61. The predicted molar refractivity (Wildman–Crippen MR) is 133 cm³/mol. The third-order valence-electron chi connectivity index (χ3n) is 7.21. The second kappa shape index (κ2) is 10.6. The third kappa shape index (κ3) is 5.77. The van der Waals surface area contributed by atoms with Crippen molar-refractivity contribution in [1.29, 1.82) is 0 Å². The summed E-state index contributed by atoms with van der Waals surface area (Å²) >= 11 is 0. The number of alkyl halides is 2. The fraction of sp³-hybridized carbons (Fsp3) is 0.560. The molecular formula is C25H31F2N7O4. The number of primary amides is 1. The Morgan fingerprint density at radius 3 is 2.58 bits per heavy atom. The number of pyridine rings is 1. The summed E-state index contributed by atoms with van der Waals surface area (Å²) in [5, 5.41) is 0. The van der Waals surface area contributed by atoms with Crippen LogP contribution in [-0.2, 0) is 4.74 Å². The molecule has 2 amide bonds. The maximum Gasteiger partial charge on any atom is 0.319 e. The number of ether oxygens (including phenoxy) is 2. The van der Waals surface area contributed by atoms with Crippen LogP contribution in [0.5, 0.6) is 6.01 Å². The van der Waals surface area contributed by atoms with E-state index >= 15 is 0 Å². The van der Waals surface area contributed by atoms with Gasteiger partial charge in [-0.2, -0.15) is 9.97 Å². The van der Waals surface area contributed by atoms with Crippen molar-refractivity contribution in [2.24, 2.45) is 5.73 Å². The van der Waals surface area contributed by atoms with Crippen molar-refractivity contribution in [3.63, 3.8) is 0 Å². The van der Waals surface area contributed by atoms with Crippen molar-refractivity contribution in [3.05, 3.63) is 35.3 Å². The van der Waals surface area contributed by atoms with Crippen LogP contribution >= 0.6 is 0 Å². The highest BCUT2D eigenvalue weighted by Gasteiger charge is 2.41. The van der Waals surface area contributed by atoms with Crippen LogP contribution in [0.15, 0.2) is 18.2 Å². The summed E-state index contributed by atoms with van der Waals surface area (Å²) in [6.07, 6.45) is 2.76. The van der Waals surface area contributed by atoms with Gasteiger partial charge in [0.1, 0.15) is 18.1 Å². The first kappa shape index (κ1) is 26.0. The molecule has 38 heavy (non-hydrogen) atoms. The van der Waals surface area contributed by atoms with Crippen LogP contribution in [0.3, 0.4) is 0 Å². The molecule has 0 spiro atoms. The van der Waals surface area contributed by atoms with E-state index in [1.54, 1.807) is 12.1 Å². The second-order valence-corrected chi connectivity index (χ2v) is 9.97. The Kier molecular flexibility index (Phi) is 7.28. The number of carbonyl (C=O) groups excluding carboxylic acids is 2. The third-order valence-corrected chi connectivity index (χ3v) is 7.21. The molecule has 4 N–H and O–H groups in total. The first-order chi connectivity index (χ1) is 18.2. The molecule has 0 radical (unpaired) electrons. The fourth-order valence-corrected chi connectivity index (χ4v) is 5.08. The lowest BCUT2D eigenvalue weighted by atomic mass is 9.92. The van der Waals surface area contributed by atoms with E-state index in [-0.39, 0.29) is 54.7 Å². The van der Waals surface area contributed by atoms with Gasteiger partial charge >= 0.3 is 6.01 Å². The van der Waals surface area contributed by atoms with E-state index in [1.807, 2.05) is 4.90 Å². The van der Waals surface area contributed by atoms with Gasteiger partial charge < -0.3 is 30.7 Å². The van der Waals surface area contributed by atoms with E-state index in [2.05, 4.69) is 15.0 Å². The molecule has 3 fully saturated rings. The Morgan fingerprint density at radius 2 is 1.92 bits per heavy atom. The predicted octanol–water partition coefficient (Wildman–Crippen LogP) is 1.98. The SMILES string of the molecule is NC(=O)c1nc(C2CCN(c3cc(C(=O)N4CCC(F)(F)C4)nc(OC[C@H]4CCCO4)n3)CC2)ccc1N.